The van der Waals surface area contributed by atoms with Crippen LogP contribution >= 0.6 is 0 Å². The number of nitrogens with zero attached hydrogens (tertiary/aromatic N) is 1. The van der Waals surface area contributed by atoms with E-state index in [1.807, 2.05) is 0 Å². The highest BCUT2D eigenvalue weighted by molar-refractivity contribution is 5.96. The molecule has 0 aromatic carbocycles. The highest BCUT2D eigenvalue weighted by Crippen LogP contribution is 2.18. The molecule has 1 aliphatic rings. The number of carbonyl (C=O) groups excluding carboxylic acids is 1. The van der Waals surface area contributed by atoms with Gasteiger partial charge >= 0.3 is 12.1 Å². The van der Waals surface area contributed by atoms with Crippen LogP contribution in [0.25, 0.3) is 0 Å². The number of piperidine rings is 1. The maximum atomic E-state index is 11.4. The van der Waals surface area contributed by atoms with E-state index >= 15 is 0 Å². The zero-order valence-corrected chi connectivity index (χ0v) is 8.18. The first kappa shape index (κ1) is 11.5. The molecule has 0 saturated carbocycles. The van der Waals surface area contributed by atoms with Crippen LogP contribution < -0.4 is 0 Å². The number of aliphatic carboxylic acids is 1. The van der Waals surface area contributed by atoms with Crippen molar-refractivity contribution in [3.63, 3.8) is 0 Å². The number of ketones is 1. The normalized spacial score (nSPS) is 21.1. The topological polar surface area (TPSA) is 94.9 Å². The van der Waals surface area contributed by atoms with E-state index in [1.165, 1.54) is 0 Å². The number of likely N-dealkylation sites (tertiary alicyclic amines) is 1. The highest BCUT2D eigenvalue weighted by atomic mass is 16.4. The lowest BCUT2D eigenvalue weighted by Crippen LogP contribution is -2.41. The van der Waals surface area contributed by atoms with Crippen molar-refractivity contribution in [2.45, 2.75) is 19.3 Å². The largest absolute Gasteiger partial charge is 0.481 e. The number of amides is 1. The average molecular weight is 215 g/mol. The first-order valence-electron chi connectivity index (χ1n) is 4.73. The molecule has 0 aromatic heterocycles. The molecule has 1 rings (SSSR count). The van der Waals surface area contributed by atoms with E-state index in [1.54, 1.807) is 0 Å². The lowest BCUT2D eigenvalue weighted by Gasteiger charge is -2.29. The molecule has 0 aliphatic carbocycles. The van der Waals surface area contributed by atoms with Gasteiger partial charge in [0.15, 0.2) is 0 Å². The van der Waals surface area contributed by atoms with Gasteiger partial charge in [0.05, 0.1) is 0 Å². The second kappa shape index (κ2) is 4.77. The average Bonchev–Trinajstić information content (AvgIpc) is 2.17. The number of Topliss-reactive ketones (excluding diaryl/α,β-unsaturated/α-hetero) is 1. The Morgan fingerprint density at radius 2 is 1.93 bits per heavy atom. The Bertz CT molecular complexity index is 288. The van der Waals surface area contributed by atoms with E-state index in [9.17, 15) is 14.4 Å². The molecule has 0 spiro atoms. The van der Waals surface area contributed by atoms with Gasteiger partial charge in [-0.15, -0.1) is 0 Å². The summed E-state index contributed by atoms with van der Waals surface area (Å²) in [5, 5.41) is 17.2. The van der Waals surface area contributed by atoms with E-state index in [2.05, 4.69) is 0 Å². The SMILES string of the molecule is O=C(O)CC(=O)[C@H]1CCCN(C(=O)O)C1. The van der Waals surface area contributed by atoms with Crippen LogP contribution in [0.5, 0.6) is 0 Å². The van der Waals surface area contributed by atoms with Crippen LogP contribution in [-0.4, -0.2) is 46.0 Å². The van der Waals surface area contributed by atoms with Crippen molar-refractivity contribution in [3.8, 4) is 0 Å². The van der Waals surface area contributed by atoms with E-state index in [0.717, 1.165) is 4.90 Å². The summed E-state index contributed by atoms with van der Waals surface area (Å²) in [7, 11) is 0. The zero-order chi connectivity index (χ0) is 11.4. The Labute approximate surface area is 86.5 Å². The van der Waals surface area contributed by atoms with Gasteiger partial charge in [-0.2, -0.15) is 0 Å². The molecule has 1 amide bonds. The minimum Gasteiger partial charge on any atom is -0.481 e. The molecule has 0 unspecified atom stereocenters. The molecule has 1 atom stereocenters. The number of carboxylic acids is 1. The predicted molar refractivity (Wildman–Crippen MR) is 49.6 cm³/mol. The Kier molecular flexibility index (Phi) is 3.65. The molecule has 0 radical (unpaired) electrons. The second-order valence-corrected chi connectivity index (χ2v) is 3.60. The van der Waals surface area contributed by atoms with Crippen LogP contribution in [0.1, 0.15) is 19.3 Å². The van der Waals surface area contributed by atoms with Crippen LogP contribution in [0.2, 0.25) is 0 Å². The summed E-state index contributed by atoms with van der Waals surface area (Å²) in [6, 6.07) is 0. The third-order valence-electron chi connectivity index (χ3n) is 2.47. The summed E-state index contributed by atoms with van der Waals surface area (Å²) in [6.45, 7) is 0.549. The summed E-state index contributed by atoms with van der Waals surface area (Å²) in [4.78, 5) is 33.5. The molecule has 1 fully saturated rings. The molecular weight excluding hydrogens is 202 g/mol. The molecule has 6 heteroatoms. The van der Waals surface area contributed by atoms with Gasteiger partial charge in [-0.3, -0.25) is 9.59 Å². The summed E-state index contributed by atoms with van der Waals surface area (Å²) >= 11 is 0. The smallest absolute Gasteiger partial charge is 0.407 e. The number of carbonyl (C=O) groups is 3. The van der Waals surface area contributed by atoms with Crippen molar-refractivity contribution in [3.05, 3.63) is 0 Å². The fourth-order valence-electron chi connectivity index (χ4n) is 1.71. The van der Waals surface area contributed by atoms with E-state index < -0.39 is 24.4 Å². The maximum Gasteiger partial charge on any atom is 0.407 e. The number of hydrogen-bond acceptors (Lipinski definition) is 3. The quantitative estimate of drug-likeness (QED) is 0.665. The molecule has 6 nitrogen and oxygen atoms in total. The van der Waals surface area contributed by atoms with Crippen molar-refractivity contribution in [2.75, 3.05) is 13.1 Å². The van der Waals surface area contributed by atoms with Crippen molar-refractivity contribution in [2.24, 2.45) is 5.92 Å². The Balaban J connectivity index is 2.52. The van der Waals surface area contributed by atoms with E-state index in [-0.39, 0.29) is 12.3 Å². The number of carboxylic acid groups (broad SMARTS) is 2. The van der Waals surface area contributed by atoms with Gasteiger partial charge in [0, 0.05) is 19.0 Å². The van der Waals surface area contributed by atoms with E-state index in [4.69, 9.17) is 10.2 Å². The summed E-state index contributed by atoms with van der Waals surface area (Å²) in [5.74, 6) is -1.99. The monoisotopic (exact) mass is 215 g/mol. The molecule has 84 valence electrons. The van der Waals surface area contributed by atoms with Crippen LogP contribution in [0, 0.1) is 5.92 Å². The molecule has 1 heterocycles. The Hall–Kier alpha value is -1.59. The van der Waals surface area contributed by atoms with Crippen molar-refractivity contribution in [1.82, 2.24) is 4.90 Å². The van der Waals surface area contributed by atoms with Crippen LogP contribution in [0.15, 0.2) is 0 Å². The van der Waals surface area contributed by atoms with Gasteiger partial charge in [-0.05, 0) is 12.8 Å². The molecule has 1 aliphatic heterocycles. The number of rotatable bonds is 3. The van der Waals surface area contributed by atoms with Crippen molar-refractivity contribution < 1.29 is 24.6 Å². The molecule has 1 saturated heterocycles. The van der Waals surface area contributed by atoms with Gasteiger partial charge in [0.2, 0.25) is 0 Å². The van der Waals surface area contributed by atoms with Crippen LogP contribution in [0.4, 0.5) is 4.79 Å². The first-order valence-corrected chi connectivity index (χ1v) is 4.73. The molecule has 2 N–H and O–H groups in total. The lowest BCUT2D eigenvalue weighted by molar-refractivity contribution is -0.141. The second-order valence-electron chi connectivity index (χ2n) is 3.60. The van der Waals surface area contributed by atoms with Crippen LogP contribution in [-0.2, 0) is 9.59 Å². The Morgan fingerprint density at radius 3 is 2.47 bits per heavy atom. The lowest BCUT2D eigenvalue weighted by atomic mass is 9.92. The molecule has 15 heavy (non-hydrogen) atoms. The van der Waals surface area contributed by atoms with Gasteiger partial charge in [0.1, 0.15) is 12.2 Å². The van der Waals surface area contributed by atoms with E-state index in [0.29, 0.717) is 19.4 Å². The summed E-state index contributed by atoms with van der Waals surface area (Å²) < 4.78 is 0. The Morgan fingerprint density at radius 1 is 1.27 bits per heavy atom. The third kappa shape index (κ3) is 3.23. The fourth-order valence-corrected chi connectivity index (χ4v) is 1.71. The van der Waals surface area contributed by atoms with Crippen molar-refractivity contribution in [1.29, 1.82) is 0 Å². The fraction of sp³-hybridized carbons (Fsp3) is 0.667. The van der Waals surface area contributed by atoms with Gasteiger partial charge < -0.3 is 15.1 Å². The van der Waals surface area contributed by atoms with Crippen LogP contribution in [0.3, 0.4) is 0 Å². The first-order chi connectivity index (χ1) is 7.00. The molecular formula is C9H13NO5. The van der Waals surface area contributed by atoms with Gasteiger partial charge in [-0.25, -0.2) is 4.79 Å². The summed E-state index contributed by atoms with van der Waals surface area (Å²) in [5.41, 5.74) is 0. The molecule has 0 bridgehead atoms. The zero-order valence-electron chi connectivity index (χ0n) is 8.18. The minimum atomic E-state index is -1.16. The maximum absolute atomic E-state index is 11.4. The minimum absolute atomic E-state index is 0.126. The standard InChI is InChI=1S/C9H13NO5/c11-7(4-8(12)13)6-2-1-3-10(5-6)9(14)15/h6H,1-5H2,(H,12,13)(H,14,15)/t6-/m0/s1. The van der Waals surface area contributed by atoms with Gasteiger partial charge in [-0.1, -0.05) is 0 Å². The molecule has 0 aromatic rings. The van der Waals surface area contributed by atoms with Crippen molar-refractivity contribution >= 4 is 17.8 Å². The predicted octanol–water partition coefficient (Wildman–Crippen LogP) is 0.420. The third-order valence-corrected chi connectivity index (χ3v) is 2.47. The number of hydrogen-bond donors (Lipinski definition) is 2. The van der Waals surface area contributed by atoms with Gasteiger partial charge in [0.25, 0.3) is 0 Å². The summed E-state index contributed by atoms with van der Waals surface area (Å²) in [6.07, 6.45) is -0.376. The highest BCUT2D eigenvalue weighted by Gasteiger charge is 2.28.